The van der Waals surface area contributed by atoms with Crippen LogP contribution in [-0.4, -0.2) is 32.4 Å². The van der Waals surface area contributed by atoms with Gasteiger partial charge in [-0.1, -0.05) is 36.4 Å². The Hall–Kier alpha value is -3.70. The van der Waals surface area contributed by atoms with Crippen LogP contribution in [0.2, 0.25) is 0 Å². The summed E-state index contributed by atoms with van der Waals surface area (Å²) in [6, 6.07) is 19.8. The quantitative estimate of drug-likeness (QED) is 0.292. The van der Waals surface area contributed by atoms with Crippen molar-refractivity contribution < 1.29 is 13.5 Å². The minimum atomic E-state index is -3.84. The second kappa shape index (κ2) is 8.67. The lowest BCUT2D eigenvalue weighted by molar-refractivity contribution is 0.0790. The predicted molar refractivity (Wildman–Crippen MR) is 149 cm³/mol. The summed E-state index contributed by atoms with van der Waals surface area (Å²) in [6.07, 6.45) is 4.60. The van der Waals surface area contributed by atoms with Crippen LogP contribution in [-0.2, 0) is 22.0 Å². The first-order valence-corrected chi connectivity index (χ1v) is 15.1. The Morgan fingerprint density at radius 2 is 1.84 bits per heavy atom. The van der Waals surface area contributed by atoms with E-state index in [1.165, 1.54) is 15.3 Å². The number of aromatic nitrogens is 4. The highest BCUT2D eigenvalue weighted by molar-refractivity contribution is 7.90. The van der Waals surface area contributed by atoms with E-state index >= 15 is 0 Å². The molecule has 4 heterocycles. The van der Waals surface area contributed by atoms with Crippen molar-refractivity contribution in [3.05, 3.63) is 106 Å². The molecule has 0 spiro atoms. The van der Waals surface area contributed by atoms with Gasteiger partial charge < -0.3 is 5.11 Å². The Kier molecular flexibility index (Phi) is 5.34. The van der Waals surface area contributed by atoms with Gasteiger partial charge >= 0.3 is 0 Å². The molecule has 38 heavy (non-hydrogen) atoms. The lowest BCUT2D eigenvalue weighted by Crippen LogP contribution is -2.24. The van der Waals surface area contributed by atoms with Crippen LogP contribution in [0.5, 0.6) is 0 Å². The molecule has 10 heteroatoms. The Morgan fingerprint density at radius 1 is 0.974 bits per heavy atom. The smallest absolute Gasteiger partial charge is 0.269 e. The molecular weight excluding hydrogens is 537 g/mol. The van der Waals surface area contributed by atoms with E-state index in [1.807, 2.05) is 35.7 Å². The molecule has 0 saturated heterocycles. The average molecular weight is 557 g/mol. The van der Waals surface area contributed by atoms with Crippen LogP contribution in [0.3, 0.4) is 0 Å². The number of benzene rings is 2. The molecule has 1 aliphatic rings. The van der Waals surface area contributed by atoms with Gasteiger partial charge in [-0.25, -0.2) is 27.3 Å². The second-order valence-electron chi connectivity index (χ2n) is 9.13. The highest BCUT2D eigenvalue weighted by atomic mass is 32.2. The number of pyridine rings is 1. The number of aliphatic hydroxyl groups is 1. The number of nitrogens with zero attached hydrogens (tertiary/aromatic N) is 4. The van der Waals surface area contributed by atoms with Gasteiger partial charge in [-0.3, -0.25) is 0 Å². The maximum atomic E-state index is 13.5. The third kappa shape index (κ3) is 3.56. The van der Waals surface area contributed by atoms with Crippen LogP contribution in [0.4, 0.5) is 0 Å². The molecule has 0 bridgehead atoms. The molecule has 0 aliphatic heterocycles. The van der Waals surface area contributed by atoms with Gasteiger partial charge in [0.25, 0.3) is 10.0 Å². The van der Waals surface area contributed by atoms with Crippen molar-refractivity contribution in [2.24, 2.45) is 0 Å². The molecule has 7 rings (SSSR count). The minimum Gasteiger partial charge on any atom is -0.379 e. The fourth-order valence-electron chi connectivity index (χ4n) is 5.04. The van der Waals surface area contributed by atoms with Crippen LogP contribution >= 0.6 is 22.7 Å². The normalized spacial score (nSPS) is 17.2. The fourth-order valence-corrected chi connectivity index (χ4v) is 8.04. The fraction of sp³-hybridized carbons (Fsp3) is 0.107. The largest absolute Gasteiger partial charge is 0.379 e. The number of fused-ring (bicyclic) bond motifs is 2. The van der Waals surface area contributed by atoms with E-state index in [4.69, 9.17) is 4.98 Å². The zero-order valence-corrected chi connectivity index (χ0v) is 22.3. The highest BCUT2D eigenvalue weighted by Crippen LogP contribution is 2.44. The molecule has 4 aromatic heterocycles. The topological polar surface area (TPSA) is 98.0 Å². The lowest BCUT2D eigenvalue weighted by atomic mass is 9.90. The molecule has 0 radical (unpaired) electrons. The Labute approximate surface area is 226 Å². The van der Waals surface area contributed by atoms with Crippen molar-refractivity contribution in [3.8, 4) is 21.8 Å². The Balaban J connectivity index is 1.30. The monoisotopic (exact) mass is 556 g/mol. The van der Waals surface area contributed by atoms with Crippen molar-refractivity contribution in [2.45, 2.75) is 23.3 Å². The van der Waals surface area contributed by atoms with Gasteiger partial charge in [0.2, 0.25) is 0 Å². The number of rotatable bonds is 5. The summed E-state index contributed by atoms with van der Waals surface area (Å²) in [4.78, 5) is 15.0. The summed E-state index contributed by atoms with van der Waals surface area (Å²) in [7, 11) is -3.84. The van der Waals surface area contributed by atoms with E-state index in [-0.39, 0.29) is 4.90 Å². The molecule has 0 saturated carbocycles. The van der Waals surface area contributed by atoms with Crippen LogP contribution in [0.25, 0.3) is 32.9 Å². The summed E-state index contributed by atoms with van der Waals surface area (Å²) < 4.78 is 28.1. The van der Waals surface area contributed by atoms with Crippen molar-refractivity contribution in [2.75, 3.05) is 0 Å². The number of thiazole rings is 2. The van der Waals surface area contributed by atoms with E-state index in [2.05, 4.69) is 9.97 Å². The molecular formula is C28H20N4O3S3. The number of hydrogen-bond acceptors (Lipinski definition) is 8. The standard InChI is InChI=1S/C28H20N4O3S3/c33-28(12-11-24-25(28)30-17-37-24)19-7-4-6-18(14-19)27-31-23(16-36-27)22-15-32(26-21(22)10-5-13-29-26)38(34,35)20-8-2-1-3-9-20/h1-10,13-17,33H,11-12H2/t28-/m0/s1. The predicted octanol–water partition coefficient (Wildman–Crippen LogP) is 5.70. The molecule has 1 aliphatic carbocycles. The van der Waals surface area contributed by atoms with E-state index in [0.29, 0.717) is 28.7 Å². The first-order valence-electron chi connectivity index (χ1n) is 11.9. The van der Waals surface area contributed by atoms with E-state index in [9.17, 15) is 13.5 Å². The Morgan fingerprint density at radius 3 is 2.71 bits per heavy atom. The lowest BCUT2D eigenvalue weighted by Gasteiger charge is -2.23. The summed E-state index contributed by atoms with van der Waals surface area (Å²) >= 11 is 3.05. The molecule has 7 nitrogen and oxygen atoms in total. The number of hydrogen-bond donors (Lipinski definition) is 1. The zero-order valence-electron chi connectivity index (χ0n) is 19.9. The zero-order chi connectivity index (χ0) is 25.9. The maximum Gasteiger partial charge on any atom is 0.269 e. The maximum absolute atomic E-state index is 13.5. The van der Waals surface area contributed by atoms with E-state index < -0.39 is 15.6 Å². The second-order valence-corrected chi connectivity index (χ2v) is 12.7. The van der Waals surface area contributed by atoms with E-state index in [1.54, 1.807) is 65.6 Å². The van der Waals surface area contributed by atoms with Crippen LogP contribution in [0.15, 0.2) is 94.9 Å². The average Bonchev–Trinajstić information content (AvgIpc) is 3.74. The van der Waals surface area contributed by atoms with Gasteiger partial charge in [0.05, 0.1) is 21.8 Å². The first-order chi connectivity index (χ1) is 18.4. The van der Waals surface area contributed by atoms with Gasteiger partial charge in [-0.15, -0.1) is 22.7 Å². The highest BCUT2D eigenvalue weighted by Gasteiger charge is 2.41. The summed E-state index contributed by atoms with van der Waals surface area (Å²) in [6.45, 7) is 0. The molecule has 188 valence electrons. The SMILES string of the molecule is O=S(=O)(c1ccccc1)n1cc(-c2csc(-c3cccc([C@@]4(O)CCc5scnc54)c3)n2)c2cccnc21. The van der Waals surface area contributed by atoms with Gasteiger partial charge in [0.1, 0.15) is 10.6 Å². The summed E-state index contributed by atoms with van der Waals surface area (Å²) in [5.41, 5.74) is 4.82. The minimum absolute atomic E-state index is 0.193. The van der Waals surface area contributed by atoms with Crippen molar-refractivity contribution >= 4 is 43.7 Å². The number of aryl methyl sites for hydroxylation is 1. The molecule has 0 fully saturated rings. The molecule has 0 amide bonds. The third-order valence-corrected chi connectivity index (χ3v) is 10.4. The van der Waals surface area contributed by atoms with Gasteiger partial charge in [-0.05, 0) is 48.7 Å². The van der Waals surface area contributed by atoms with Gasteiger partial charge in [0, 0.05) is 39.2 Å². The molecule has 2 aromatic carbocycles. The first kappa shape index (κ1) is 23.4. The van der Waals surface area contributed by atoms with Crippen molar-refractivity contribution in [3.63, 3.8) is 0 Å². The van der Waals surface area contributed by atoms with Crippen molar-refractivity contribution in [1.82, 2.24) is 18.9 Å². The summed E-state index contributed by atoms with van der Waals surface area (Å²) in [5, 5.41) is 14.9. The van der Waals surface area contributed by atoms with Crippen LogP contribution in [0.1, 0.15) is 22.6 Å². The van der Waals surface area contributed by atoms with Crippen LogP contribution in [0, 0.1) is 0 Å². The summed E-state index contributed by atoms with van der Waals surface area (Å²) in [5.74, 6) is 0. The van der Waals surface area contributed by atoms with Gasteiger partial charge in [-0.2, -0.15) is 0 Å². The molecule has 1 N–H and O–H groups in total. The van der Waals surface area contributed by atoms with E-state index in [0.717, 1.165) is 33.1 Å². The van der Waals surface area contributed by atoms with Gasteiger partial charge in [0.15, 0.2) is 5.65 Å². The third-order valence-electron chi connectivity index (χ3n) is 6.95. The molecule has 0 unspecified atom stereocenters. The van der Waals surface area contributed by atoms with Crippen LogP contribution < -0.4 is 0 Å². The molecule has 1 atom stereocenters. The Bertz CT molecular complexity index is 1930. The molecule has 6 aromatic rings. The van der Waals surface area contributed by atoms with Crippen molar-refractivity contribution in [1.29, 1.82) is 0 Å².